The minimum Gasteiger partial charge on any atom is -0.480 e. The minimum absolute atomic E-state index is 0.336. The fourth-order valence-corrected chi connectivity index (χ4v) is 2.35. The summed E-state index contributed by atoms with van der Waals surface area (Å²) in [5, 5.41) is 9.01. The molecular weight excluding hydrogens is 270 g/mol. The number of hydrogen-bond donors (Lipinski definition) is 2. The molecular formula is C12H14BrNO2. The Morgan fingerprint density at radius 2 is 2.19 bits per heavy atom. The Balaban J connectivity index is 2.37. The highest BCUT2D eigenvalue weighted by Gasteiger charge is 2.52. The molecule has 1 aliphatic rings. The van der Waals surface area contributed by atoms with E-state index in [-0.39, 0.29) is 5.41 Å². The number of aryl methyl sites for hydroxylation is 1. The van der Waals surface area contributed by atoms with Gasteiger partial charge in [-0.1, -0.05) is 28.1 Å². The van der Waals surface area contributed by atoms with Crippen LogP contribution in [0.3, 0.4) is 0 Å². The van der Waals surface area contributed by atoms with E-state index >= 15 is 0 Å². The van der Waals surface area contributed by atoms with Crippen LogP contribution in [0.25, 0.3) is 0 Å². The summed E-state index contributed by atoms with van der Waals surface area (Å²) >= 11 is 3.43. The van der Waals surface area contributed by atoms with E-state index in [1.807, 2.05) is 25.1 Å². The Labute approximate surface area is 103 Å². The molecule has 1 saturated carbocycles. The third-order valence-corrected chi connectivity index (χ3v) is 4.27. The predicted octanol–water partition coefficient (Wildman–Crippen LogP) is 2.20. The van der Waals surface area contributed by atoms with Crippen molar-refractivity contribution in [1.29, 1.82) is 0 Å². The molecule has 3 nitrogen and oxygen atoms in total. The van der Waals surface area contributed by atoms with E-state index in [0.29, 0.717) is 0 Å². The van der Waals surface area contributed by atoms with Gasteiger partial charge in [0.2, 0.25) is 0 Å². The molecule has 0 bridgehead atoms. The molecule has 0 amide bonds. The molecule has 1 fully saturated rings. The molecule has 0 radical (unpaired) electrons. The van der Waals surface area contributed by atoms with Crippen molar-refractivity contribution in [2.75, 3.05) is 0 Å². The summed E-state index contributed by atoms with van der Waals surface area (Å²) in [4.78, 5) is 11.0. The summed E-state index contributed by atoms with van der Waals surface area (Å²) in [6.45, 7) is 2.00. The topological polar surface area (TPSA) is 63.3 Å². The Bertz CT molecular complexity index is 441. The average molecular weight is 284 g/mol. The maximum atomic E-state index is 11.0. The van der Waals surface area contributed by atoms with Gasteiger partial charge in [-0.15, -0.1) is 0 Å². The van der Waals surface area contributed by atoms with Crippen molar-refractivity contribution in [2.45, 2.75) is 31.2 Å². The zero-order chi connectivity index (χ0) is 11.9. The molecule has 86 valence electrons. The average Bonchev–Trinajstić information content (AvgIpc) is 3.02. The molecule has 1 unspecified atom stereocenters. The lowest BCUT2D eigenvalue weighted by molar-refractivity contribution is -0.139. The standard InChI is InChI=1S/C12H14BrNO2/c1-7-6-8(2-3-9(7)13)12(4-5-12)10(14)11(15)16/h2-3,6,10H,4-5,14H2,1H3,(H,15,16). The zero-order valence-electron chi connectivity index (χ0n) is 9.03. The highest BCUT2D eigenvalue weighted by molar-refractivity contribution is 9.10. The molecule has 0 heterocycles. The first-order chi connectivity index (χ1) is 7.47. The van der Waals surface area contributed by atoms with Crippen molar-refractivity contribution >= 4 is 21.9 Å². The van der Waals surface area contributed by atoms with Crippen LogP contribution in [0.4, 0.5) is 0 Å². The predicted molar refractivity (Wildman–Crippen MR) is 65.4 cm³/mol. The van der Waals surface area contributed by atoms with Crippen LogP contribution in [0, 0.1) is 6.92 Å². The number of hydrogen-bond acceptors (Lipinski definition) is 2. The van der Waals surface area contributed by atoms with Crippen molar-refractivity contribution in [2.24, 2.45) is 5.73 Å². The van der Waals surface area contributed by atoms with Crippen LogP contribution >= 0.6 is 15.9 Å². The fourth-order valence-electron chi connectivity index (χ4n) is 2.10. The monoisotopic (exact) mass is 283 g/mol. The quantitative estimate of drug-likeness (QED) is 0.894. The minimum atomic E-state index is -0.918. The maximum Gasteiger partial charge on any atom is 0.321 e. The summed E-state index contributed by atoms with van der Waals surface area (Å²) in [6, 6.07) is 5.15. The van der Waals surface area contributed by atoms with Crippen LogP contribution in [0.1, 0.15) is 24.0 Å². The molecule has 4 heteroatoms. The SMILES string of the molecule is Cc1cc(C2(C(N)C(=O)O)CC2)ccc1Br. The lowest BCUT2D eigenvalue weighted by Crippen LogP contribution is -2.41. The molecule has 0 aromatic heterocycles. The van der Waals surface area contributed by atoms with Crippen molar-refractivity contribution in [3.8, 4) is 0 Å². The lowest BCUT2D eigenvalue weighted by atomic mass is 9.88. The molecule has 1 aromatic carbocycles. The molecule has 3 N–H and O–H groups in total. The molecule has 16 heavy (non-hydrogen) atoms. The summed E-state index contributed by atoms with van der Waals surface area (Å²) < 4.78 is 1.04. The first-order valence-corrected chi connectivity index (χ1v) is 6.02. The molecule has 1 aliphatic carbocycles. The number of carboxylic acid groups (broad SMARTS) is 1. The molecule has 0 spiro atoms. The summed E-state index contributed by atoms with van der Waals surface area (Å²) in [7, 11) is 0. The normalized spacial score (nSPS) is 19.2. The smallest absolute Gasteiger partial charge is 0.321 e. The number of carboxylic acids is 1. The Kier molecular flexibility index (Phi) is 2.80. The van der Waals surface area contributed by atoms with Gasteiger partial charge in [0, 0.05) is 9.89 Å². The Hall–Kier alpha value is -0.870. The highest BCUT2D eigenvalue weighted by Crippen LogP contribution is 2.50. The molecule has 1 aromatic rings. The van der Waals surface area contributed by atoms with Crippen LogP contribution < -0.4 is 5.73 Å². The van der Waals surface area contributed by atoms with Crippen LogP contribution in [0.2, 0.25) is 0 Å². The molecule has 1 atom stereocenters. The summed E-state index contributed by atoms with van der Waals surface area (Å²) in [6.07, 6.45) is 1.73. The van der Waals surface area contributed by atoms with Gasteiger partial charge in [-0.2, -0.15) is 0 Å². The molecule has 0 aliphatic heterocycles. The van der Waals surface area contributed by atoms with Gasteiger partial charge >= 0.3 is 5.97 Å². The van der Waals surface area contributed by atoms with E-state index in [1.165, 1.54) is 0 Å². The van der Waals surface area contributed by atoms with Gasteiger partial charge in [-0.05, 0) is 37.0 Å². The van der Waals surface area contributed by atoms with E-state index in [9.17, 15) is 4.79 Å². The van der Waals surface area contributed by atoms with Crippen LogP contribution in [0.5, 0.6) is 0 Å². The second kappa shape index (κ2) is 3.86. The Morgan fingerprint density at radius 3 is 2.62 bits per heavy atom. The largest absolute Gasteiger partial charge is 0.480 e. The van der Waals surface area contributed by atoms with E-state index in [2.05, 4.69) is 15.9 Å². The lowest BCUT2D eigenvalue weighted by Gasteiger charge is -2.20. The van der Waals surface area contributed by atoms with Crippen LogP contribution in [-0.2, 0) is 10.2 Å². The van der Waals surface area contributed by atoms with Crippen molar-refractivity contribution in [1.82, 2.24) is 0 Å². The second-order valence-corrected chi connectivity index (χ2v) is 5.29. The van der Waals surface area contributed by atoms with E-state index in [1.54, 1.807) is 0 Å². The van der Waals surface area contributed by atoms with Gasteiger partial charge in [-0.3, -0.25) is 4.79 Å². The number of nitrogens with two attached hydrogens (primary N) is 1. The van der Waals surface area contributed by atoms with Gasteiger partial charge in [0.25, 0.3) is 0 Å². The van der Waals surface area contributed by atoms with E-state index in [0.717, 1.165) is 28.4 Å². The van der Waals surface area contributed by atoms with Gasteiger partial charge < -0.3 is 10.8 Å². The van der Waals surface area contributed by atoms with Crippen LogP contribution in [-0.4, -0.2) is 17.1 Å². The first-order valence-electron chi connectivity index (χ1n) is 5.22. The number of rotatable bonds is 3. The number of benzene rings is 1. The number of aliphatic carboxylic acids is 1. The summed E-state index contributed by atoms with van der Waals surface area (Å²) in [5.41, 5.74) is 7.59. The first kappa shape index (κ1) is 11.6. The van der Waals surface area contributed by atoms with Gasteiger partial charge in [-0.25, -0.2) is 0 Å². The van der Waals surface area contributed by atoms with E-state index in [4.69, 9.17) is 10.8 Å². The van der Waals surface area contributed by atoms with Crippen molar-refractivity contribution in [3.63, 3.8) is 0 Å². The maximum absolute atomic E-state index is 11.0. The van der Waals surface area contributed by atoms with E-state index < -0.39 is 12.0 Å². The fraction of sp³-hybridized carbons (Fsp3) is 0.417. The van der Waals surface area contributed by atoms with Crippen LogP contribution in [0.15, 0.2) is 22.7 Å². The van der Waals surface area contributed by atoms with Crippen molar-refractivity contribution < 1.29 is 9.90 Å². The third-order valence-electron chi connectivity index (χ3n) is 3.38. The third kappa shape index (κ3) is 1.76. The second-order valence-electron chi connectivity index (χ2n) is 4.44. The van der Waals surface area contributed by atoms with Gasteiger partial charge in [0.1, 0.15) is 6.04 Å². The highest BCUT2D eigenvalue weighted by atomic mass is 79.9. The van der Waals surface area contributed by atoms with Crippen molar-refractivity contribution in [3.05, 3.63) is 33.8 Å². The zero-order valence-corrected chi connectivity index (χ0v) is 10.6. The number of carbonyl (C=O) groups is 1. The summed E-state index contributed by atoms with van der Waals surface area (Å²) in [5.74, 6) is -0.918. The van der Waals surface area contributed by atoms with Gasteiger partial charge in [0.15, 0.2) is 0 Å². The number of halogens is 1. The van der Waals surface area contributed by atoms with Gasteiger partial charge in [0.05, 0.1) is 0 Å². The Morgan fingerprint density at radius 1 is 1.56 bits per heavy atom. The molecule has 0 saturated heterocycles. The molecule has 2 rings (SSSR count).